The van der Waals surface area contributed by atoms with Crippen LogP contribution in [0.1, 0.15) is 23.6 Å². The number of hydrogen-bond donors (Lipinski definition) is 1. The molecular formula is C28H22N8O. The molecule has 0 amide bonds. The largest absolute Gasteiger partial charge is 0.383 e. The lowest BCUT2D eigenvalue weighted by Crippen LogP contribution is -2.10. The minimum Gasteiger partial charge on any atom is -0.383 e. The van der Waals surface area contributed by atoms with Crippen molar-refractivity contribution < 1.29 is 0 Å². The van der Waals surface area contributed by atoms with E-state index in [9.17, 15) is 4.79 Å². The number of aryl methyl sites for hydroxylation is 1. The molecule has 0 bridgehead atoms. The number of aromatic nitrogens is 7. The zero-order chi connectivity index (χ0) is 24.9. The lowest BCUT2D eigenvalue weighted by atomic mass is 10.1. The molecule has 0 fully saturated rings. The second-order valence-electron chi connectivity index (χ2n) is 9.09. The number of nitrogens with zero attached hydrogens (tertiary/aromatic N) is 7. The maximum Gasteiger partial charge on any atom is 0.181 e. The Bertz CT molecular complexity index is 1810. The van der Waals surface area contributed by atoms with Crippen molar-refractivity contribution in [3.63, 3.8) is 0 Å². The predicted octanol–water partition coefficient (Wildman–Crippen LogP) is 3.95. The van der Waals surface area contributed by atoms with Crippen molar-refractivity contribution in [2.24, 2.45) is 0 Å². The normalized spacial score (nSPS) is 14.8. The summed E-state index contributed by atoms with van der Waals surface area (Å²) < 4.78 is 5.88. The van der Waals surface area contributed by atoms with Crippen molar-refractivity contribution in [3.05, 3.63) is 113 Å². The molecule has 0 aliphatic heterocycles. The summed E-state index contributed by atoms with van der Waals surface area (Å²) in [5.41, 5.74) is 12.0. The van der Waals surface area contributed by atoms with Gasteiger partial charge in [-0.25, -0.2) is 19.6 Å². The van der Waals surface area contributed by atoms with Gasteiger partial charge < -0.3 is 10.3 Å². The number of fused-ring (bicyclic) bond motifs is 2. The van der Waals surface area contributed by atoms with Crippen LogP contribution in [-0.4, -0.2) is 33.9 Å². The summed E-state index contributed by atoms with van der Waals surface area (Å²) in [6, 6.07) is 19.4. The number of nitrogens with two attached hydrogens (primary N) is 1. The van der Waals surface area contributed by atoms with E-state index in [0.29, 0.717) is 23.1 Å². The molecule has 0 radical (unpaired) electrons. The molecule has 180 valence electrons. The van der Waals surface area contributed by atoms with Crippen molar-refractivity contribution in [1.29, 1.82) is 0 Å². The minimum atomic E-state index is 0.0148. The molecule has 1 aliphatic rings. The number of benzene rings is 1. The van der Waals surface area contributed by atoms with E-state index in [1.54, 1.807) is 29.2 Å². The van der Waals surface area contributed by atoms with E-state index in [2.05, 4.69) is 32.8 Å². The van der Waals surface area contributed by atoms with Gasteiger partial charge in [0.25, 0.3) is 0 Å². The molecule has 37 heavy (non-hydrogen) atoms. The SMILES string of the molecule is Nc1ncccc1-c1nc2ccc(-n3cccn3)nc2n1-c1ccc2c(c1)CC[C@@H]2n1ccc(=O)cc1. The number of hydrogen-bond acceptors (Lipinski definition) is 6. The zero-order valence-electron chi connectivity index (χ0n) is 19.8. The molecule has 1 aliphatic carbocycles. The molecule has 1 aromatic carbocycles. The molecule has 6 aromatic rings. The topological polar surface area (TPSA) is 109 Å². The molecule has 5 aromatic heterocycles. The summed E-state index contributed by atoms with van der Waals surface area (Å²) in [6.07, 6.45) is 10.9. The smallest absolute Gasteiger partial charge is 0.181 e. The van der Waals surface area contributed by atoms with Crippen molar-refractivity contribution in [1.82, 2.24) is 33.9 Å². The van der Waals surface area contributed by atoms with Crippen LogP contribution < -0.4 is 11.2 Å². The van der Waals surface area contributed by atoms with E-state index >= 15 is 0 Å². The van der Waals surface area contributed by atoms with E-state index in [0.717, 1.165) is 29.6 Å². The van der Waals surface area contributed by atoms with E-state index < -0.39 is 0 Å². The van der Waals surface area contributed by atoms with Gasteiger partial charge >= 0.3 is 0 Å². The molecule has 0 spiro atoms. The molecule has 1 atom stereocenters. The second kappa shape index (κ2) is 8.27. The summed E-state index contributed by atoms with van der Waals surface area (Å²) in [5.74, 6) is 1.79. The van der Waals surface area contributed by atoms with Crippen LogP contribution >= 0.6 is 0 Å². The highest BCUT2D eigenvalue weighted by molar-refractivity contribution is 5.83. The molecule has 9 heteroatoms. The maximum absolute atomic E-state index is 11.6. The number of rotatable bonds is 4. The molecule has 0 saturated heterocycles. The fourth-order valence-electron chi connectivity index (χ4n) is 5.17. The van der Waals surface area contributed by atoms with E-state index in [-0.39, 0.29) is 11.5 Å². The lowest BCUT2D eigenvalue weighted by Gasteiger charge is -2.17. The van der Waals surface area contributed by atoms with Crippen molar-refractivity contribution in [2.75, 3.05) is 5.73 Å². The molecule has 7 rings (SSSR count). The van der Waals surface area contributed by atoms with E-state index in [1.807, 2.05) is 53.5 Å². The Balaban J connectivity index is 1.41. The first-order valence-corrected chi connectivity index (χ1v) is 12.1. The molecule has 0 unspecified atom stereocenters. The maximum atomic E-state index is 11.6. The Kier molecular flexibility index (Phi) is 4.75. The van der Waals surface area contributed by atoms with Crippen molar-refractivity contribution in [3.8, 4) is 22.9 Å². The highest BCUT2D eigenvalue weighted by Crippen LogP contribution is 2.37. The van der Waals surface area contributed by atoms with E-state index in [1.165, 1.54) is 11.1 Å². The van der Waals surface area contributed by atoms with Gasteiger partial charge in [0.1, 0.15) is 11.3 Å². The first-order chi connectivity index (χ1) is 18.2. The van der Waals surface area contributed by atoms with Gasteiger partial charge in [0.2, 0.25) is 0 Å². The molecule has 2 N–H and O–H groups in total. The van der Waals surface area contributed by atoms with Crippen LogP contribution in [0.2, 0.25) is 0 Å². The highest BCUT2D eigenvalue weighted by atomic mass is 16.1. The Morgan fingerprint density at radius 3 is 2.62 bits per heavy atom. The summed E-state index contributed by atoms with van der Waals surface area (Å²) in [7, 11) is 0. The molecular weight excluding hydrogens is 464 g/mol. The second-order valence-corrected chi connectivity index (χ2v) is 9.09. The fraction of sp³-hybridized carbons (Fsp3) is 0.107. The first-order valence-electron chi connectivity index (χ1n) is 12.1. The van der Waals surface area contributed by atoms with Crippen LogP contribution in [-0.2, 0) is 6.42 Å². The van der Waals surface area contributed by atoms with Crippen LogP contribution in [0, 0.1) is 0 Å². The Morgan fingerprint density at radius 2 is 1.81 bits per heavy atom. The standard InChI is InChI=1S/C28H22N8O/c29-26-22(3-1-12-30-26)27-32-23-7-9-25(35-14-2-13-31-35)33-28(23)36(27)19-5-6-21-18(17-19)4-8-24(21)34-15-10-20(37)11-16-34/h1-3,5-7,9-17,24H,4,8H2,(H2,29,30)/t24-/m0/s1. The van der Waals surface area contributed by atoms with Crippen molar-refractivity contribution in [2.45, 2.75) is 18.9 Å². The summed E-state index contributed by atoms with van der Waals surface area (Å²) in [6.45, 7) is 0. The van der Waals surface area contributed by atoms with Gasteiger partial charge in [-0.05, 0) is 66.4 Å². The quantitative estimate of drug-likeness (QED) is 0.404. The summed E-state index contributed by atoms with van der Waals surface area (Å²) in [5, 5.41) is 4.34. The first kappa shape index (κ1) is 21.3. The van der Waals surface area contributed by atoms with Gasteiger partial charge in [-0.1, -0.05) is 6.07 Å². The third-order valence-corrected chi connectivity index (χ3v) is 6.92. The fourth-order valence-corrected chi connectivity index (χ4v) is 5.17. The van der Waals surface area contributed by atoms with Crippen LogP contribution in [0.4, 0.5) is 5.82 Å². The summed E-state index contributed by atoms with van der Waals surface area (Å²) in [4.78, 5) is 25.7. The Hall–Kier alpha value is -5.05. The van der Waals surface area contributed by atoms with Crippen LogP contribution in [0.5, 0.6) is 0 Å². The monoisotopic (exact) mass is 486 g/mol. The molecule has 5 heterocycles. The predicted molar refractivity (Wildman–Crippen MR) is 141 cm³/mol. The van der Waals surface area contributed by atoms with Gasteiger partial charge in [0.05, 0.1) is 11.6 Å². The van der Waals surface area contributed by atoms with Gasteiger partial charge in [0.15, 0.2) is 22.7 Å². The van der Waals surface area contributed by atoms with Gasteiger partial charge in [-0.2, -0.15) is 5.10 Å². The third kappa shape index (κ3) is 3.51. The number of imidazole rings is 1. The number of nitrogen functional groups attached to an aromatic ring is 1. The average Bonchev–Trinajstić information content (AvgIpc) is 3.67. The van der Waals surface area contributed by atoms with Gasteiger partial charge in [-0.3, -0.25) is 9.36 Å². The summed E-state index contributed by atoms with van der Waals surface area (Å²) >= 11 is 0. The zero-order valence-corrected chi connectivity index (χ0v) is 19.8. The molecule has 0 saturated carbocycles. The van der Waals surface area contributed by atoms with Crippen LogP contribution in [0.3, 0.4) is 0 Å². The number of pyridine rings is 3. The van der Waals surface area contributed by atoms with Crippen molar-refractivity contribution >= 4 is 17.0 Å². The Labute approximate surface area is 211 Å². The Morgan fingerprint density at radius 1 is 0.919 bits per heavy atom. The molecule has 9 nitrogen and oxygen atoms in total. The lowest BCUT2D eigenvalue weighted by molar-refractivity contribution is 0.576. The highest BCUT2D eigenvalue weighted by Gasteiger charge is 2.25. The van der Waals surface area contributed by atoms with E-state index in [4.69, 9.17) is 15.7 Å². The average molecular weight is 487 g/mol. The van der Waals surface area contributed by atoms with Crippen LogP contribution in [0.25, 0.3) is 34.1 Å². The number of anilines is 1. The third-order valence-electron chi connectivity index (χ3n) is 6.92. The minimum absolute atomic E-state index is 0.0148. The van der Waals surface area contributed by atoms with Gasteiger partial charge in [0, 0.05) is 48.8 Å². The van der Waals surface area contributed by atoms with Gasteiger partial charge in [-0.15, -0.1) is 0 Å². The van der Waals surface area contributed by atoms with Crippen LogP contribution in [0.15, 0.2) is 96.4 Å².